The molecule has 6 nitrogen and oxygen atoms in total. The summed E-state index contributed by atoms with van der Waals surface area (Å²) < 4.78 is 6.83. The number of aromatic nitrogens is 2. The standard InChI is InChI=1S/C27H32N3O3/c1-30(20-9-16-25-28-17-10-18-29-25)19-8-15-24(21-30)33-26(31)27(32,22-11-4-2-5-12-22)23-13-6-3-7-14-23/h2-7,10-14,17-18,24,32H,8-9,15-16,19-21H2,1H3/q+1/t24?,30-/m0/s1. The van der Waals surface area contributed by atoms with E-state index in [1.807, 2.05) is 42.5 Å². The van der Waals surface area contributed by atoms with Gasteiger partial charge in [-0.05, 0) is 23.6 Å². The van der Waals surface area contributed by atoms with Gasteiger partial charge in [-0.15, -0.1) is 0 Å². The van der Waals surface area contributed by atoms with Crippen molar-refractivity contribution in [1.82, 2.24) is 9.97 Å². The molecule has 4 rings (SSSR count). The lowest BCUT2D eigenvalue weighted by Crippen LogP contribution is -2.55. The van der Waals surface area contributed by atoms with Gasteiger partial charge in [-0.1, -0.05) is 60.7 Å². The van der Waals surface area contributed by atoms with Crippen molar-refractivity contribution in [2.75, 3.05) is 26.7 Å². The highest BCUT2D eigenvalue weighted by atomic mass is 16.6. The predicted molar refractivity (Wildman–Crippen MR) is 126 cm³/mol. The number of benzene rings is 2. The van der Waals surface area contributed by atoms with Crippen LogP contribution in [0.15, 0.2) is 79.1 Å². The Hall–Kier alpha value is -3.09. The highest BCUT2D eigenvalue weighted by Gasteiger charge is 2.44. The number of nitrogens with zero attached hydrogens (tertiary/aromatic N) is 3. The van der Waals surface area contributed by atoms with Gasteiger partial charge in [0.15, 0.2) is 6.10 Å². The Balaban J connectivity index is 1.44. The van der Waals surface area contributed by atoms with Crippen LogP contribution >= 0.6 is 0 Å². The number of esters is 1. The molecule has 1 aromatic heterocycles. The fourth-order valence-corrected chi connectivity index (χ4v) is 4.75. The maximum absolute atomic E-state index is 13.4. The van der Waals surface area contributed by atoms with Gasteiger partial charge >= 0.3 is 5.97 Å². The van der Waals surface area contributed by atoms with Gasteiger partial charge in [0.25, 0.3) is 0 Å². The van der Waals surface area contributed by atoms with Crippen molar-refractivity contribution in [2.45, 2.75) is 37.4 Å². The molecule has 2 atom stereocenters. The number of quaternary nitrogens is 1. The molecular weight excluding hydrogens is 414 g/mol. The summed E-state index contributed by atoms with van der Waals surface area (Å²) in [5, 5.41) is 11.7. The van der Waals surface area contributed by atoms with E-state index in [0.29, 0.717) is 11.1 Å². The van der Waals surface area contributed by atoms with E-state index in [1.165, 1.54) is 0 Å². The molecule has 0 radical (unpaired) electrons. The lowest BCUT2D eigenvalue weighted by molar-refractivity contribution is -0.917. The smallest absolute Gasteiger partial charge is 0.348 e. The van der Waals surface area contributed by atoms with E-state index in [-0.39, 0.29) is 6.10 Å². The summed E-state index contributed by atoms with van der Waals surface area (Å²) in [5.74, 6) is 0.246. The van der Waals surface area contributed by atoms with Gasteiger partial charge in [-0.2, -0.15) is 0 Å². The number of likely N-dealkylation sites (N-methyl/N-ethyl adjacent to an activating group) is 1. The van der Waals surface area contributed by atoms with Crippen LogP contribution in [0.25, 0.3) is 0 Å². The molecule has 33 heavy (non-hydrogen) atoms. The zero-order chi connectivity index (χ0) is 23.2. The molecule has 1 N–H and O–H groups in total. The molecule has 0 amide bonds. The monoisotopic (exact) mass is 446 g/mol. The van der Waals surface area contributed by atoms with E-state index in [4.69, 9.17) is 4.74 Å². The molecule has 0 bridgehead atoms. The molecule has 2 aromatic carbocycles. The zero-order valence-corrected chi connectivity index (χ0v) is 19.1. The first-order valence-electron chi connectivity index (χ1n) is 11.6. The number of carbonyl (C=O) groups excluding carboxylic acids is 1. The molecular formula is C27H32N3O3+. The minimum atomic E-state index is -1.84. The first-order chi connectivity index (χ1) is 16.0. The van der Waals surface area contributed by atoms with Crippen LogP contribution in [-0.2, 0) is 21.6 Å². The lowest BCUT2D eigenvalue weighted by Gasteiger charge is -2.41. The number of hydrogen-bond donors (Lipinski definition) is 1. The molecule has 1 aliphatic heterocycles. The second-order valence-electron chi connectivity index (χ2n) is 9.13. The maximum Gasteiger partial charge on any atom is 0.348 e. The van der Waals surface area contributed by atoms with Crippen LogP contribution in [0, 0.1) is 0 Å². The van der Waals surface area contributed by atoms with Crippen molar-refractivity contribution < 1.29 is 19.1 Å². The Morgan fingerprint density at radius 3 is 2.24 bits per heavy atom. The highest BCUT2D eigenvalue weighted by molar-refractivity contribution is 5.85. The number of rotatable bonds is 8. The van der Waals surface area contributed by atoms with E-state index in [1.54, 1.807) is 36.7 Å². The average molecular weight is 447 g/mol. The Morgan fingerprint density at radius 2 is 1.64 bits per heavy atom. The van der Waals surface area contributed by atoms with Gasteiger partial charge in [0, 0.05) is 31.7 Å². The Morgan fingerprint density at radius 1 is 1.03 bits per heavy atom. The molecule has 172 valence electrons. The van der Waals surface area contributed by atoms with Crippen LogP contribution in [0.2, 0.25) is 0 Å². The van der Waals surface area contributed by atoms with Gasteiger partial charge < -0.3 is 14.3 Å². The fourth-order valence-electron chi connectivity index (χ4n) is 4.75. The SMILES string of the molecule is C[N@@+]1(CCCc2ncccn2)CCCC(OC(=O)C(O)(c2ccccc2)c2ccccc2)C1. The number of piperidine rings is 1. The van der Waals surface area contributed by atoms with Crippen molar-refractivity contribution in [3.8, 4) is 0 Å². The van der Waals surface area contributed by atoms with E-state index >= 15 is 0 Å². The minimum absolute atomic E-state index is 0.233. The van der Waals surface area contributed by atoms with Crippen LogP contribution in [0.3, 0.4) is 0 Å². The number of hydrogen-bond acceptors (Lipinski definition) is 5. The largest absolute Gasteiger partial charge is 0.454 e. The predicted octanol–water partition coefficient (Wildman–Crippen LogP) is 3.50. The molecule has 0 spiro atoms. The second kappa shape index (κ2) is 10.2. The summed E-state index contributed by atoms with van der Waals surface area (Å²) in [4.78, 5) is 22.1. The van der Waals surface area contributed by atoms with Gasteiger partial charge in [0.1, 0.15) is 12.4 Å². The van der Waals surface area contributed by atoms with Crippen LogP contribution in [-0.4, -0.2) is 58.3 Å². The molecule has 0 aliphatic carbocycles. The van der Waals surface area contributed by atoms with E-state index in [9.17, 15) is 9.90 Å². The summed E-state index contributed by atoms with van der Waals surface area (Å²) in [5.41, 5.74) is -0.817. The van der Waals surface area contributed by atoms with Crippen molar-refractivity contribution in [1.29, 1.82) is 0 Å². The molecule has 1 saturated heterocycles. The van der Waals surface area contributed by atoms with Gasteiger partial charge in [0.05, 0.1) is 20.1 Å². The summed E-state index contributed by atoms with van der Waals surface area (Å²) in [6.45, 7) is 2.75. The normalized spacial score (nSPS) is 20.8. The number of aryl methyl sites for hydroxylation is 1. The van der Waals surface area contributed by atoms with E-state index in [0.717, 1.165) is 55.6 Å². The average Bonchev–Trinajstić information content (AvgIpc) is 2.85. The topological polar surface area (TPSA) is 72.3 Å². The number of carbonyl (C=O) groups is 1. The molecule has 1 aliphatic rings. The first-order valence-corrected chi connectivity index (χ1v) is 11.6. The van der Waals surface area contributed by atoms with Crippen molar-refractivity contribution in [2.24, 2.45) is 0 Å². The lowest BCUT2D eigenvalue weighted by atomic mass is 9.86. The van der Waals surface area contributed by atoms with Crippen molar-refractivity contribution in [3.05, 3.63) is 96.1 Å². The quantitative estimate of drug-likeness (QED) is 0.424. The fraction of sp³-hybridized carbons (Fsp3) is 0.370. The Labute approximate surface area is 195 Å². The zero-order valence-electron chi connectivity index (χ0n) is 19.1. The van der Waals surface area contributed by atoms with Gasteiger partial charge in [-0.25, -0.2) is 14.8 Å². The van der Waals surface area contributed by atoms with Crippen LogP contribution in [0.1, 0.15) is 36.2 Å². The molecule has 6 heteroatoms. The number of ether oxygens (including phenoxy) is 1. The summed E-state index contributed by atoms with van der Waals surface area (Å²) in [6.07, 6.45) is 6.90. The Bertz CT molecular complexity index is 991. The van der Waals surface area contributed by atoms with Crippen LogP contribution in [0.5, 0.6) is 0 Å². The van der Waals surface area contributed by atoms with E-state index < -0.39 is 11.6 Å². The van der Waals surface area contributed by atoms with Crippen LogP contribution in [0.4, 0.5) is 0 Å². The van der Waals surface area contributed by atoms with Gasteiger partial charge in [-0.3, -0.25) is 0 Å². The first kappa shape index (κ1) is 23.1. The molecule has 1 fully saturated rings. The minimum Gasteiger partial charge on any atom is -0.454 e. The summed E-state index contributed by atoms with van der Waals surface area (Å²) >= 11 is 0. The van der Waals surface area contributed by atoms with Gasteiger partial charge in [0.2, 0.25) is 5.60 Å². The van der Waals surface area contributed by atoms with Crippen LogP contribution < -0.4 is 0 Å². The third kappa shape index (κ3) is 5.46. The molecule has 2 heterocycles. The third-order valence-corrected chi connectivity index (χ3v) is 6.54. The van der Waals surface area contributed by atoms with Crippen molar-refractivity contribution >= 4 is 5.97 Å². The van der Waals surface area contributed by atoms with E-state index in [2.05, 4.69) is 17.0 Å². The molecule has 3 aromatic rings. The highest BCUT2D eigenvalue weighted by Crippen LogP contribution is 2.32. The summed E-state index contributed by atoms with van der Waals surface area (Å²) in [7, 11) is 2.21. The number of likely N-dealkylation sites (tertiary alicyclic amines) is 1. The maximum atomic E-state index is 13.4. The second-order valence-corrected chi connectivity index (χ2v) is 9.13. The molecule has 0 saturated carbocycles. The number of aliphatic hydroxyl groups is 1. The molecule has 1 unspecified atom stereocenters. The van der Waals surface area contributed by atoms with Crippen molar-refractivity contribution in [3.63, 3.8) is 0 Å². The summed E-state index contributed by atoms with van der Waals surface area (Å²) in [6, 6.07) is 19.9. The Kier molecular flexibility index (Phi) is 7.16. The third-order valence-electron chi connectivity index (χ3n) is 6.54.